The third kappa shape index (κ3) is 4.33. The molecule has 8 heteroatoms. The average Bonchev–Trinajstić information content (AvgIpc) is 3.06. The number of nitrogens with two attached hydrogens (primary N) is 1. The van der Waals surface area contributed by atoms with E-state index in [2.05, 4.69) is 26.3 Å². The van der Waals surface area contributed by atoms with Crippen LogP contribution in [-0.2, 0) is 17.7 Å². The first-order valence-electron chi connectivity index (χ1n) is 9.69. The first-order valence-corrected chi connectivity index (χ1v) is 9.69. The van der Waals surface area contributed by atoms with Crippen LogP contribution in [0, 0.1) is 0 Å². The summed E-state index contributed by atoms with van der Waals surface area (Å²) >= 11 is 0. The minimum Gasteiger partial charge on any atom is -0.384 e. The number of aromatic nitrogens is 3. The van der Waals surface area contributed by atoms with Gasteiger partial charge in [-0.3, -0.25) is 0 Å². The van der Waals surface area contributed by atoms with Gasteiger partial charge in [0.2, 0.25) is 0 Å². The summed E-state index contributed by atoms with van der Waals surface area (Å²) in [5, 5.41) is 6.64. The molecule has 1 aromatic carbocycles. The molecule has 0 radical (unpaired) electrons. The molecule has 0 aliphatic carbocycles. The van der Waals surface area contributed by atoms with E-state index in [4.69, 9.17) is 15.5 Å². The minimum absolute atomic E-state index is 0.124. The van der Waals surface area contributed by atoms with Gasteiger partial charge in [0.15, 0.2) is 5.82 Å². The number of fused-ring (bicyclic) bond motifs is 3. The summed E-state index contributed by atoms with van der Waals surface area (Å²) in [4.78, 5) is 20.8. The van der Waals surface area contributed by atoms with Crippen LogP contribution < -0.4 is 16.4 Å². The number of ether oxygens (including phenoxy) is 1. The number of carbonyl (C=O) groups excluding carboxylic acids is 1. The van der Waals surface area contributed by atoms with Gasteiger partial charge in [-0.1, -0.05) is 18.2 Å². The summed E-state index contributed by atoms with van der Waals surface area (Å²) in [6.07, 6.45) is 2.49. The Morgan fingerprint density at radius 2 is 2.04 bits per heavy atom. The number of carbonyl (C=O) groups is 1. The Morgan fingerprint density at radius 1 is 1.21 bits per heavy atom. The highest BCUT2D eigenvalue weighted by molar-refractivity contribution is 6.06. The molecule has 3 aromatic rings. The van der Waals surface area contributed by atoms with Gasteiger partial charge in [0, 0.05) is 38.6 Å². The molecule has 3 rings (SSSR count). The smallest absolute Gasteiger partial charge is 0.314 e. The quantitative estimate of drug-likeness (QED) is 0.491. The van der Waals surface area contributed by atoms with Gasteiger partial charge >= 0.3 is 6.03 Å². The summed E-state index contributed by atoms with van der Waals surface area (Å²) in [6, 6.07) is 7.86. The van der Waals surface area contributed by atoms with E-state index < -0.39 is 0 Å². The van der Waals surface area contributed by atoms with Gasteiger partial charge in [0.05, 0.1) is 17.6 Å². The Bertz CT molecular complexity index is 953. The van der Waals surface area contributed by atoms with Crippen molar-refractivity contribution < 1.29 is 9.53 Å². The second kappa shape index (κ2) is 9.36. The van der Waals surface area contributed by atoms with E-state index >= 15 is 0 Å². The van der Waals surface area contributed by atoms with Crippen LogP contribution in [0.15, 0.2) is 24.3 Å². The number of pyridine rings is 1. The number of hydrogen-bond acceptors (Lipinski definition) is 5. The van der Waals surface area contributed by atoms with E-state index in [1.54, 1.807) is 7.11 Å². The summed E-state index contributed by atoms with van der Waals surface area (Å²) in [6.45, 7) is 4.54. The van der Waals surface area contributed by atoms with Gasteiger partial charge in [-0.25, -0.2) is 14.8 Å². The lowest BCUT2D eigenvalue weighted by Gasteiger charge is -2.11. The van der Waals surface area contributed by atoms with E-state index in [0.717, 1.165) is 47.1 Å². The van der Waals surface area contributed by atoms with Crippen molar-refractivity contribution >= 4 is 33.8 Å². The van der Waals surface area contributed by atoms with E-state index in [1.165, 1.54) is 0 Å². The van der Waals surface area contributed by atoms with Crippen molar-refractivity contribution in [2.24, 2.45) is 0 Å². The zero-order valence-corrected chi connectivity index (χ0v) is 16.5. The number of hydrogen-bond donors (Lipinski definition) is 3. The number of anilines is 1. The fourth-order valence-electron chi connectivity index (χ4n) is 3.35. The number of imidazole rings is 1. The monoisotopic (exact) mass is 384 g/mol. The van der Waals surface area contributed by atoms with E-state index in [1.807, 2.05) is 25.1 Å². The molecule has 0 spiro atoms. The number of nitrogens with zero attached hydrogens (tertiary/aromatic N) is 3. The Labute approximate surface area is 164 Å². The van der Waals surface area contributed by atoms with Crippen molar-refractivity contribution in [2.75, 3.05) is 32.5 Å². The molecule has 0 saturated heterocycles. The van der Waals surface area contributed by atoms with Crippen molar-refractivity contribution in [1.29, 1.82) is 0 Å². The first-order chi connectivity index (χ1) is 13.7. The SMILES string of the molecule is CCNC(=O)NCCCCn1c(CCOC)nc2c(N)nc3ccccc3c21. The van der Waals surface area contributed by atoms with Crippen molar-refractivity contribution in [3.05, 3.63) is 30.1 Å². The summed E-state index contributed by atoms with van der Waals surface area (Å²) in [5.74, 6) is 1.39. The fraction of sp³-hybridized carbons (Fsp3) is 0.450. The number of para-hydroxylation sites is 1. The highest BCUT2D eigenvalue weighted by atomic mass is 16.5. The van der Waals surface area contributed by atoms with E-state index in [9.17, 15) is 4.79 Å². The molecule has 0 fully saturated rings. The zero-order valence-electron chi connectivity index (χ0n) is 16.5. The maximum Gasteiger partial charge on any atom is 0.314 e. The van der Waals surface area contributed by atoms with Crippen LogP contribution in [0.3, 0.4) is 0 Å². The molecule has 8 nitrogen and oxygen atoms in total. The molecule has 0 atom stereocenters. The minimum atomic E-state index is -0.124. The molecule has 2 amide bonds. The molecule has 0 aliphatic rings. The second-order valence-corrected chi connectivity index (χ2v) is 6.63. The molecule has 0 unspecified atom stereocenters. The number of unbranched alkanes of at least 4 members (excludes halogenated alkanes) is 1. The molecular weight excluding hydrogens is 356 g/mol. The fourth-order valence-corrected chi connectivity index (χ4v) is 3.35. The number of nitrogen functional groups attached to an aromatic ring is 1. The molecule has 0 saturated carbocycles. The Balaban J connectivity index is 1.85. The van der Waals surface area contributed by atoms with Crippen molar-refractivity contribution in [3.63, 3.8) is 0 Å². The molecule has 0 bridgehead atoms. The Hall–Kier alpha value is -2.87. The Morgan fingerprint density at radius 3 is 2.82 bits per heavy atom. The van der Waals surface area contributed by atoms with Crippen LogP contribution >= 0.6 is 0 Å². The van der Waals surface area contributed by atoms with Gasteiger partial charge in [-0.05, 0) is 25.8 Å². The number of benzene rings is 1. The predicted octanol–water partition coefficient (Wildman–Crippen LogP) is 2.45. The molecule has 2 aromatic heterocycles. The van der Waals surface area contributed by atoms with E-state index in [0.29, 0.717) is 31.9 Å². The van der Waals surface area contributed by atoms with Crippen LogP contribution in [0.5, 0.6) is 0 Å². The van der Waals surface area contributed by atoms with Crippen LogP contribution in [0.2, 0.25) is 0 Å². The molecule has 4 N–H and O–H groups in total. The summed E-state index contributed by atoms with van der Waals surface area (Å²) in [5.41, 5.74) is 8.82. The lowest BCUT2D eigenvalue weighted by Crippen LogP contribution is -2.35. The normalized spacial score (nSPS) is 11.2. The number of amides is 2. The van der Waals surface area contributed by atoms with Gasteiger partial charge in [-0.15, -0.1) is 0 Å². The van der Waals surface area contributed by atoms with Crippen LogP contribution in [0.1, 0.15) is 25.6 Å². The topological polar surface area (TPSA) is 107 Å². The lowest BCUT2D eigenvalue weighted by atomic mass is 10.2. The van der Waals surface area contributed by atoms with Crippen molar-refractivity contribution in [2.45, 2.75) is 32.7 Å². The van der Waals surface area contributed by atoms with Crippen LogP contribution in [-0.4, -0.2) is 47.4 Å². The highest BCUT2D eigenvalue weighted by Crippen LogP contribution is 2.29. The first kappa shape index (κ1) is 19.9. The van der Waals surface area contributed by atoms with Gasteiger partial charge in [0.25, 0.3) is 0 Å². The number of aryl methyl sites for hydroxylation is 1. The van der Waals surface area contributed by atoms with Crippen molar-refractivity contribution in [1.82, 2.24) is 25.2 Å². The summed E-state index contributed by atoms with van der Waals surface area (Å²) < 4.78 is 7.48. The maximum atomic E-state index is 11.5. The lowest BCUT2D eigenvalue weighted by molar-refractivity contribution is 0.199. The predicted molar refractivity (Wildman–Crippen MR) is 111 cm³/mol. The summed E-state index contributed by atoms with van der Waals surface area (Å²) in [7, 11) is 1.69. The number of urea groups is 1. The van der Waals surface area contributed by atoms with Crippen LogP contribution in [0.4, 0.5) is 10.6 Å². The zero-order chi connectivity index (χ0) is 19.9. The van der Waals surface area contributed by atoms with Crippen LogP contribution in [0.25, 0.3) is 21.9 Å². The molecule has 28 heavy (non-hydrogen) atoms. The second-order valence-electron chi connectivity index (χ2n) is 6.63. The standard InChI is InChI=1S/C20H28N6O2/c1-3-22-20(27)23-11-6-7-12-26-16(10-13-28-2)25-17-18(26)14-8-4-5-9-15(14)24-19(17)21/h4-5,8-9H,3,6-7,10-13H2,1-2H3,(H2,21,24)(H2,22,23,27). The van der Waals surface area contributed by atoms with Gasteiger partial charge in [-0.2, -0.15) is 0 Å². The third-order valence-electron chi connectivity index (χ3n) is 4.65. The highest BCUT2D eigenvalue weighted by Gasteiger charge is 2.16. The van der Waals surface area contributed by atoms with E-state index in [-0.39, 0.29) is 6.03 Å². The van der Waals surface area contributed by atoms with Gasteiger partial charge in [0.1, 0.15) is 11.3 Å². The molecular formula is C20H28N6O2. The molecule has 0 aliphatic heterocycles. The molecule has 2 heterocycles. The Kier molecular flexibility index (Phi) is 6.65. The third-order valence-corrected chi connectivity index (χ3v) is 4.65. The van der Waals surface area contributed by atoms with Crippen molar-refractivity contribution in [3.8, 4) is 0 Å². The maximum absolute atomic E-state index is 11.5. The van der Waals surface area contributed by atoms with Gasteiger partial charge < -0.3 is 25.7 Å². The number of rotatable bonds is 9. The number of nitrogens with one attached hydrogen (secondary N) is 2. The molecule has 150 valence electrons. The largest absolute Gasteiger partial charge is 0.384 e. The average molecular weight is 384 g/mol. The number of methoxy groups -OCH3 is 1.